The summed E-state index contributed by atoms with van der Waals surface area (Å²) in [6.07, 6.45) is 0. The third-order valence-electron chi connectivity index (χ3n) is 3.75. The van der Waals surface area contributed by atoms with Crippen LogP contribution in [0.2, 0.25) is 0 Å². The van der Waals surface area contributed by atoms with Crippen LogP contribution in [0.4, 0.5) is 17.1 Å². The van der Waals surface area contributed by atoms with Crippen LogP contribution in [0.5, 0.6) is 0 Å². The van der Waals surface area contributed by atoms with Gasteiger partial charge in [-0.15, -0.1) is 0 Å². The largest absolute Gasteiger partial charge is 0.462 e. The maximum atomic E-state index is 11.7. The van der Waals surface area contributed by atoms with Gasteiger partial charge in [-0.05, 0) is 55.5 Å². The molecule has 6 heteroatoms. The zero-order valence-electron chi connectivity index (χ0n) is 15.6. The van der Waals surface area contributed by atoms with Crippen molar-refractivity contribution in [1.82, 2.24) is 5.43 Å². The Labute approximate surface area is 164 Å². The molecule has 6 nitrogen and oxygen atoms in total. The zero-order valence-corrected chi connectivity index (χ0v) is 15.6. The predicted molar refractivity (Wildman–Crippen MR) is 113 cm³/mol. The smallest absolute Gasteiger partial charge is 0.338 e. The Morgan fingerprint density at radius 2 is 1.50 bits per heavy atom. The molecule has 0 fully saturated rings. The molecule has 142 valence electrons. The maximum absolute atomic E-state index is 11.7. The first-order valence-corrected chi connectivity index (χ1v) is 8.99. The Bertz CT molecular complexity index is 910. The molecule has 0 saturated heterocycles. The summed E-state index contributed by atoms with van der Waals surface area (Å²) in [5.74, 6) is 0.200. The lowest BCUT2D eigenvalue weighted by atomic mass is 10.2. The van der Waals surface area contributed by atoms with E-state index in [9.17, 15) is 4.79 Å². The Hall–Kier alpha value is -3.80. The standard InChI is InChI=1S/C22H22N4O2/c1-2-28-21(27)17-13-15-20(16-14-17)25-26-22(23-18-9-5-3-6-10-18)24-19-11-7-4-8-12-19/h3-16,25H,2H2,1H3,(H2,23,24,26). The van der Waals surface area contributed by atoms with Crippen molar-refractivity contribution in [3.05, 3.63) is 90.5 Å². The number of carbonyl (C=O) groups is 1. The van der Waals surface area contributed by atoms with E-state index in [-0.39, 0.29) is 5.97 Å². The summed E-state index contributed by atoms with van der Waals surface area (Å²) in [6.45, 7) is 2.13. The molecule has 3 N–H and O–H groups in total. The third-order valence-corrected chi connectivity index (χ3v) is 3.75. The number of para-hydroxylation sites is 2. The van der Waals surface area contributed by atoms with Gasteiger partial charge in [-0.1, -0.05) is 36.4 Å². The number of ether oxygens (including phenoxy) is 1. The molecule has 0 aliphatic heterocycles. The molecule has 0 heterocycles. The molecule has 0 atom stereocenters. The van der Waals surface area contributed by atoms with Gasteiger partial charge >= 0.3 is 5.97 Å². The van der Waals surface area contributed by atoms with Crippen molar-refractivity contribution in [2.45, 2.75) is 6.92 Å². The number of hydrogen-bond acceptors (Lipinski definition) is 4. The van der Waals surface area contributed by atoms with Crippen molar-refractivity contribution in [1.29, 1.82) is 0 Å². The number of carbonyl (C=O) groups excluding carboxylic acids is 1. The number of aliphatic imine (C=N–C) groups is 1. The number of hydrazine groups is 1. The molecule has 0 amide bonds. The molecular formula is C22H22N4O2. The quantitative estimate of drug-likeness (QED) is 0.255. The van der Waals surface area contributed by atoms with Gasteiger partial charge in [0.05, 0.1) is 23.5 Å². The van der Waals surface area contributed by atoms with Crippen molar-refractivity contribution in [3.8, 4) is 0 Å². The highest BCUT2D eigenvalue weighted by Crippen LogP contribution is 2.13. The molecule has 0 radical (unpaired) electrons. The van der Waals surface area contributed by atoms with Gasteiger partial charge < -0.3 is 10.1 Å². The van der Waals surface area contributed by atoms with Gasteiger partial charge in [0.15, 0.2) is 0 Å². The number of esters is 1. The normalized spacial score (nSPS) is 10.8. The summed E-state index contributed by atoms with van der Waals surface area (Å²) < 4.78 is 4.99. The monoisotopic (exact) mass is 374 g/mol. The molecular weight excluding hydrogens is 352 g/mol. The van der Waals surface area contributed by atoms with E-state index in [1.54, 1.807) is 31.2 Å². The Morgan fingerprint density at radius 3 is 2.14 bits per heavy atom. The van der Waals surface area contributed by atoms with Crippen molar-refractivity contribution >= 4 is 29.0 Å². The molecule has 0 aromatic heterocycles. The molecule has 3 rings (SSSR count). The second kappa shape index (κ2) is 9.78. The minimum atomic E-state index is -0.334. The molecule has 3 aromatic rings. The fourth-order valence-electron chi connectivity index (χ4n) is 2.41. The summed E-state index contributed by atoms with van der Waals surface area (Å²) in [6, 6.07) is 26.4. The third kappa shape index (κ3) is 5.60. The maximum Gasteiger partial charge on any atom is 0.338 e. The van der Waals surface area contributed by atoms with E-state index in [0.717, 1.165) is 17.1 Å². The minimum Gasteiger partial charge on any atom is -0.462 e. The van der Waals surface area contributed by atoms with Gasteiger partial charge in [0.1, 0.15) is 0 Å². The van der Waals surface area contributed by atoms with Crippen LogP contribution in [0, 0.1) is 0 Å². The van der Waals surface area contributed by atoms with Crippen LogP contribution in [0.25, 0.3) is 0 Å². The zero-order chi connectivity index (χ0) is 19.6. The number of hydrogen-bond donors (Lipinski definition) is 3. The lowest BCUT2D eigenvalue weighted by Gasteiger charge is -2.14. The molecule has 0 spiro atoms. The van der Waals surface area contributed by atoms with Crippen LogP contribution in [0.1, 0.15) is 17.3 Å². The predicted octanol–water partition coefficient (Wildman–Crippen LogP) is 4.58. The Kier molecular flexibility index (Phi) is 6.62. The van der Waals surface area contributed by atoms with Gasteiger partial charge in [0, 0.05) is 5.69 Å². The Balaban J connectivity index is 1.71. The fourth-order valence-corrected chi connectivity index (χ4v) is 2.41. The van der Waals surface area contributed by atoms with E-state index in [2.05, 4.69) is 21.2 Å². The molecule has 0 saturated carbocycles. The van der Waals surface area contributed by atoms with E-state index in [1.807, 2.05) is 60.7 Å². The van der Waals surface area contributed by atoms with Gasteiger partial charge in [0.2, 0.25) is 5.96 Å². The lowest BCUT2D eigenvalue weighted by Crippen LogP contribution is -2.35. The highest BCUT2D eigenvalue weighted by molar-refractivity contribution is 5.96. The summed E-state index contributed by atoms with van der Waals surface area (Å²) in [5, 5.41) is 3.25. The summed E-state index contributed by atoms with van der Waals surface area (Å²) in [7, 11) is 0. The molecule has 0 aliphatic carbocycles. The SMILES string of the molecule is CCOC(=O)c1ccc(NN/C(=N\c2ccccc2)Nc2ccccc2)cc1. The second-order valence-corrected chi connectivity index (χ2v) is 5.83. The van der Waals surface area contributed by atoms with E-state index >= 15 is 0 Å². The summed E-state index contributed by atoms with van der Waals surface area (Å²) >= 11 is 0. The first kappa shape index (κ1) is 19.0. The van der Waals surface area contributed by atoms with Crippen LogP contribution in [-0.2, 0) is 4.74 Å². The summed E-state index contributed by atoms with van der Waals surface area (Å²) in [5.41, 5.74) is 9.18. The molecule has 0 unspecified atom stereocenters. The number of nitrogens with zero attached hydrogens (tertiary/aromatic N) is 1. The lowest BCUT2D eigenvalue weighted by molar-refractivity contribution is 0.0526. The van der Waals surface area contributed by atoms with Crippen LogP contribution >= 0.6 is 0 Å². The molecule has 28 heavy (non-hydrogen) atoms. The van der Waals surface area contributed by atoms with Crippen LogP contribution < -0.4 is 16.2 Å². The number of guanidine groups is 1. The van der Waals surface area contributed by atoms with Crippen molar-refractivity contribution < 1.29 is 9.53 Å². The first-order chi connectivity index (χ1) is 13.7. The first-order valence-electron chi connectivity index (χ1n) is 8.99. The van der Waals surface area contributed by atoms with Gasteiger partial charge in [-0.2, -0.15) is 0 Å². The minimum absolute atomic E-state index is 0.334. The topological polar surface area (TPSA) is 74.8 Å². The average Bonchev–Trinajstić information content (AvgIpc) is 2.74. The van der Waals surface area contributed by atoms with Crippen molar-refractivity contribution in [2.24, 2.45) is 4.99 Å². The van der Waals surface area contributed by atoms with E-state index in [1.165, 1.54) is 0 Å². The van der Waals surface area contributed by atoms with E-state index in [0.29, 0.717) is 18.1 Å². The van der Waals surface area contributed by atoms with Gasteiger partial charge in [-0.3, -0.25) is 10.9 Å². The van der Waals surface area contributed by atoms with Gasteiger partial charge in [-0.25, -0.2) is 9.79 Å². The van der Waals surface area contributed by atoms with Crippen LogP contribution in [0.15, 0.2) is 89.9 Å². The van der Waals surface area contributed by atoms with E-state index in [4.69, 9.17) is 4.74 Å². The summed E-state index contributed by atoms with van der Waals surface area (Å²) in [4.78, 5) is 16.3. The highest BCUT2D eigenvalue weighted by atomic mass is 16.5. The number of anilines is 2. The second-order valence-electron chi connectivity index (χ2n) is 5.83. The van der Waals surface area contributed by atoms with Crippen LogP contribution in [0.3, 0.4) is 0 Å². The van der Waals surface area contributed by atoms with Crippen LogP contribution in [-0.4, -0.2) is 18.5 Å². The van der Waals surface area contributed by atoms with Crippen molar-refractivity contribution in [2.75, 3.05) is 17.3 Å². The number of nitrogens with one attached hydrogen (secondary N) is 3. The van der Waals surface area contributed by atoms with Crippen molar-refractivity contribution in [3.63, 3.8) is 0 Å². The number of benzene rings is 3. The average molecular weight is 374 g/mol. The number of rotatable bonds is 6. The molecule has 3 aromatic carbocycles. The molecule has 0 aliphatic rings. The molecule has 0 bridgehead atoms. The van der Waals surface area contributed by atoms with E-state index < -0.39 is 0 Å². The Morgan fingerprint density at radius 1 is 0.857 bits per heavy atom. The highest BCUT2D eigenvalue weighted by Gasteiger charge is 2.06. The fraction of sp³-hybridized carbons (Fsp3) is 0.0909. The van der Waals surface area contributed by atoms with Gasteiger partial charge in [0.25, 0.3) is 0 Å².